The molecule has 1 atom stereocenters. The van der Waals surface area contributed by atoms with Gasteiger partial charge in [0.1, 0.15) is 5.82 Å². The van der Waals surface area contributed by atoms with E-state index in [4.69, 9.17) is 0 Å². The van der Waals surface area contributed by atoms with E-state index < -0.39 is 17.8 Å². The summed E-state index contributed by atoms with van der Waals surface area (Å²) in [5, 5.41) is 2.65. The highest BCUT2D eigenvalue weighted by atomic mass is 19.4. The fourth-order valence-electron chi connectivity index (χ4n) is 4.19. The van der Waals surface area contributed by atoms with Crippen molar-refractivity contribution in [2.75, 3.05) is 28.2 Å². The third kappa shape index (κ3) is 3.79. The number of rotatable bonds is 2. The van der Waals surface area contributed by atoms with E-state index in [0.29, 0.717) is 30.0 Å². The van der Waals surface area contributed by atoms with Gasteiger partial charge in [-0.3, -0.25) is 15.0 Å². The highest BCUT2D eigenvalue weighted by Crippen LogP contribution is 2.41. The third-order valence-corrected chi connectivity index (χ3v) is 5.87. The molecule has 5 rings (SSSR count). The van der Waals surface area contributed by atoms with Gasteiger partial charge in [0.05, 0.1) is 29.3 Å². The fraction of sp³-hybridized carbons (Fsp3) is 0.273. The number of aromatic nitrogens is 3. The van der Waals surface area contributed by atoms with Gasteiger partial charge in [-0.25, -0.2) is 14.8 Å². The smallest absolute Gasteiger partial charge is 0.366 e. The van der Waals surface area contributed by atoms with Crippen molar-refractivity contribution in [3.05, 3.63) is 64.7 Å². The molecule has 3 aromatic rings. The standard InChI is InChI=1S/C22H19F3N6O2/c1-29-12-26-18(10-19(29)32)28-21(33)31-15-7-8-30(11-15)17-6-5-16(27-20(17)31)13-3-2-4-14(9-13)22(23,24)25/h2-6,9-10,12,15H,7-8,11H2,1H3,(H,28,33). The Kier molecular flexibility index (Phi) is 4.84. The maximum absolute atomic E-state index is 13.2. The van der Waals surface area contributed by atoms with Gasteiger partial charge in [-0.1, -0.05) is 12.1 Å². The molecule has 170 valence electrons. The van der Waals surface area contributed by atoms with Crippen molar-refractivity contribution in [1.82, 2.24) is 14.5 Å². The topological polar surface area (TPSA) is 83.4 Å². The summed E-state index contributed by atoms with van der Waals surface area (Å²) < 4.78 is 40.8. The molecule has 0 spiro atoms. The highest BCUT2D eigenvalue weighted by molar-refractivity contribution is 6.04. The van der Waals surface area contributed by atoms with Crippen LogP contribution < -0.4 is 20.7 Å². The molecular formula is C22H19F3N6O2. The number of anilines is 3. The number of nitrogens with one attached hydrogen (secondary N) is 1. The van der Waals surface area contributed by atoms with Gasteiger partial charge in [-0.2, -0.15) is 13.2 Å². The second-order valence-corrected chi connectivity index (χ2v) is 8.03. The normalized spacial score (nSPS) is 17.2. The number of fused-ring (bicyclic) bond motifs is 4. The predicted molar refractivity (Wildman–Crippen MR) is 116 cm³/mol. The number of carbonyl (C=O) groups excluding carboxylic acids is 1. The van der Waals surface area contributed by atoms with E-state index in [1.54, 1.807) is 25.2 Å². The molecule has 2 bridgehead atoms. The molecule has 0 aliphatic carbocycles. The van der Waals surface area contributed by atoms with Crippen LogP contribution in [0.1, 0.15) is 12.0 Å². The second-order valence-electron chi connectivity index (χ2n) is 8.03. The van der Waals surface area contributed by atoms with Gasteiger partial charge < -0.3 is 9.47 Å². The molecule has 0 saturated carbocycles. The van der Waals surface area contributed by atoms with Crippen LogP contribution >= 0.6 is 0 Å². The number of amides is 2. The van der Waals surface area contributed by atoms with E-state index >= 15 is 0 Å². The van der Waals surface area contributed by atoms with E-state index in [1.165, 1.54) is 27.9 Å². The molecule has 1 N–H and O–H groups in total. The van der Waals surface area contributed by atoms with Gasteiger partial charge in [0.2, 0.25) is 0 Å². The van der Waals surface area contributed by atoms with E-state index in [0.717, 1.165) is 24.4 Å². The minimum Gasteiger partial charge on any atom is -0.366 e. The Hall–Kier alpha value is -3.89. The maximum atomic E-state index is 13.2. The third-order valence-electron chi connectivity index (χ3n) is 5.87. The molecule has 2 aliphatic rings. The van der Waals surface area contributed by atoms with E-state index in [1.807, 2.05) is 0 Å². The lowest BCUT2D eigenvalue weighted by molar-refractivity contribution is -0.137. The summed E-state index contributed by atoms with van der Waals surface area (Å²) in [6.07, 6.45) is -2.45. The van der Waals surface area contributed by atoms with Gasteiger partial charge in [0, 0.05) is 31.8 Å². The van der Waals surface area contributed by atoms with Crippen LogP contribution in [0.4, 0.5) is 35.3 Å². The first kappa shape index (κ1) is 21.0. The Morgan fingerprint density at radius 2 is 2.00 bits per heavy atom. The summed E-state index contributed by atoms with van der Waals surface area (Å²) in [5.41, 5.74) is 0.263. The van der Waals surface area contributed by atoms with Crippen molar-refractivity contribution in [3.63, 3.8) is 0 Å². The van der Waals surface area contributed by atoms with Crippen molar-refractivity contribution in [1.29, 1.82) is 0 Å². The summed E-state index contributed by atoms with van der Waals surface area (Å²) >= 11 is 0. The molecule has 4 heterocycles. The number of urea groups is 1. The minimum atomic E-state index is -4.47. The predicted octanol–water partition coefficient (Wildman–Crippen LogP) is 3.49. The Bertz CT molecular complexity index is 1310. The molecule has 1 fully saturated rings. The molecule has 1 aromatic carbocycles. The highest BCUT2D eigenvalue weighted by Gasteiger charge is 2.40. The molecule has 8 nitrogen and oxygen atoms in total. The van der Waals surface area contributed by atoms with Crippen molar-refractivity contribution in [2.45, 2.75) is 18.6 Å². The number of carbonyl (C=O) groups is 1. The minimum absolute atomic E-state index is 0.110. The van der Waals surface area contributed by atoms with Crippen LogP contribution in [0, 0.1) is 0 Å². The summed E-state index contributed by atoms with van der Waals surface area (Å²) in [4.78, 5) is 37.3. The largest absolute Gasteiger partial charge is 0.416 e. The summed E-state index contributed by atoms with van der Waals surface area (Å²) in [7, 11) is 1.55. The number of pyridine rings is 1. The maximum Gasteiger partial charge on any atom is 0.416 e. The zero-order valence-corrected chi connectivity index (χ0v) is 17.5. The molecule has 0 radical (unpaired) electrons. The number of hydrogen-bond donors (Lipinski definition) is 1. The molecule has 33 heavy (non-hydrogen) atoms. The van der Waals surface area contributed by atoms with Gasteiger partial charge in [0.25, 0.3) is 5.56 Å². The van der Waals surface area contributed by atoms with Crippen LogP contribution in [0.25, 0.3) is 11.3 Å². The number of benzene rings is 1. The van der Waals surface area contributed by atoms with Crippen LogP contribution in [0.15, 0.2) is 53.6 Å². The Labute approximate surface area is 186 Å². The average molecular weight is 456 g/mol. The SMILES string of the molecule is Cn1cnc(NC(=O)N2c3nc(-c4cccc(C(F)(F)F)c4)ccc3N3CCC2C3)cc1=O. The first-order valence-corrected chi connectivity index (χ1v) is 10.3. The quantitative estimate of drug-likeness (QED) is 0.638. The molecule has 2 aromatic heterocycles. The lowest BCUT2D eigenvalue weighted by atomic mass is 10.1. The molecule has 11 heteroatoms. The Morgan fingerprint density at radius 1 is 1.18 bits per heavy atom. The molecule has 2 aliphatic heterocycles. The van der Waals surface area contributed by atoms with E-state index in [2.05, 4.69) is 20.2 Å². The van der Waals surface area contributed by atoms with Gasteiger partial charge in [0.15, 0.2) is 5.82 Å². The van der Waals surface area contributed by atoms with Crippen molar-refractivity contribution in [3.8, 4) is 11.3 Å². The van der Waals surface area contributed by atoms with Crippen LogP contribution in [-0.4, -0.2) is 39.7 Å². The van der Waals surface area contributed by atoms with E-state index in [-0.39, 0.29) is 17.4 Å². The molecule has 1 saturated heterocycles. The van der Waals surface area contributed by atoms with Gasteiger partial charge >= 0.3 is 12.2 Å². The van der Waals surface area contributed by atoms with Crippen LogP contribution in [0.2, 0.25) is 0 Å². The number of nitrogens with zero attached hydrogens (tertiary/aromatic N) is 5. The number of aryl methyl sites for hydroxylation is 1. The first-order valence-electron chi connectivity index (χ1n) is 10.3. The lowest BCUT2D eigenvalue weighted by Gasteiger charge is -2.35. The lowest BCUT2D eigenvalue weighted by Crippen LogP contribution is -2.48. The number of hydrogen-bond acceptors (Lipinski definition) is 5. The van der Waals surface area contributed by atoms with Crippen molar-refractivity contribution < 1.29 is 18.0 Å². The summed E-state index contributed by atoms with van der Waals surface area (Å²) in [6.45, 7) is 1.35. The molecular weight excluding hydrogens is 437 g/mol. The zero-order chi connectivity index (χ0) is 23.3. The number of alkyl halides is 3. The second kappa shape index (κ2) is 7.61. The van der Waals surface area contributed by atoms with Gasteiger partial charge in [-0.05, 0) is 30.7 Å². The summed E-state index contributed by atoms with van der Waals surface area (Å²) in [6, 6.07) is 8.92. The fourth-order valence-corrected chi connectivity index (χ4v) is 4.19. The van der Waals surface area contributed by atoms with Crippen molar-refractivity contribution >= 4 is 23.4 Å². The Balaban J connectivity index is 1.53. The Morgan fingerprint density at radius 3 is 2.76 bits per heavy atom. The van der Waals surface area contributed by atoms with Crippen molar-refractivity contribution in [2.24, 2.45) is 7.05 Å². The van der Waals surface area contributed by atoms with Gasteiger partial charge in [-0.15, -0.1) is 0 Å². The molecule has 1 unspecified atom stereocenters. The average Bonchev–Trinajstić information content (AvgIpc) is 3.20. The van der Waals surface area contributed by atoms with E-state index in [9.17, 15) is 22.8 Å². The zero-order valence-electron chi connectivity index (χ0n) is 17.5. The molecule has 2 amide bonds. The van der Waals surface area contributed by atoms with Crippen LogP contribution in [-0.2, 0) is 13.2 Å². The van der Waals surface area contributed by atoms with Crippen LogP contribution in [0.3, 0.4) is 0 Å². The first-order chi connectivity index (χ1) is 15.7. The monoisotopic (exact) mass is 456 g/mol. The summed E-state index contributed by atoms with van der Waals surface area (Å²) in [5.74, 6) is 0.471. The number of halogens is 3. The van der Waals surface area contributed by atoms with Crippen LogP contribution in [0.5, 0.6) is 0 Å².